The highest BCUT2D eigenvalue weighted by Crippen LogP contribution is 2.35. The Morgan fingerprint density at radius 1 is 1.14 bits per heavy atom. The molecule has 2 nitrogen and oxygen atoms in total. The van der Waals surface area contributed by atoms with Gasteiger partial charge in [0.2, 0.25) is 0 Å². The third-order valence-electron chi connectivity index (χ3n) is 3.73. The first kappa shape index (κ1) is 11.1. The molecule has 0 aromatic heterocycles. The van der Waals surface area contributed by atoms with Crippen molar-refractivity contribution < 1.29 is 0 Å². The largest absolute Gasteiger partial charge is 0.295 e. The first-order valence-electron chi connectivity index (χ1n) is 5.77. The zero-order chi connectivity index (χ0) is 10.3. The van der Waals surface area contributed by atoms with Gasteiger partial charge in [-0.3, -0.25) is 9.80 Å². The molecule has 2 aliphatic heterocycles. The van der Waals surface area contributed by atoms with Gasteiger partial charge in [0.1, 0.15) is 0 Å². The highest BCUT2D eigenvalue weighted by atomic mass is 127. The van der Waals surface area contributed by atoms with Crippen molar-refractivity contribution in [3.63, 3.8) is 0 Å². The minimum Gasteiger partial charge on any atom is -0.295 e. The maximum atomic E-state index is 2.70. The third kappa shape index (κ3) is 1.83. The predicted octanol–water partition coefficient (Wildman–Crippen LogP) is 2.32. The van der Waals surface area contributed by atoms with Crippen LogP contribution in [0.25, 0.3) is 0 Å². The summed E-state index contributed by atoms with van der Waals surface area (Å²) < 4.78 is 0.709. The SMILES string of the molecule is CC(C)N1CCCC2C1CN2C(C)I. The zero-order valence-corrected chi connectivity index (χ0v) is 11.6. The number of likely N-dealkylation sites (tertiary alicyclic amines) is 2. The Morgan fingerprint density at radius 3 is 2.43 bits per heavy atom. The molecule has 3 atom stereocenters. The fourth-order valence-electron chi connectivity index (χ4n) is 2.94. The smallest absolute Gasteiger partial charge is 0.0593 e. The fourth-order valence-corrected chi connectivity index (χ4v) is 3.58. The van der Waals surface area contributed by atoms with E-state index in [0.29, 0.717) is 4.05 Å². The van der Waals surface area contributed by atoms with Crippen molar-refractivity contribution in [1.29, 1.82) is 0 Å². The van der Waals surface area contributed by atoms with Crippen molar-refractivity contribution in [2.24, 2.45) is 0 Å². The molecular weight excluding hydrogens is 287 g/mol. The van der Waals surface area contributed by atoms with Crippen molar-refractivity contribution in [3.05, 3.63) is 0 Å². The van der Waals surface area contributed by atoms with Gasteiger partial charge in [-0.2, -0.15) is 0 Å². The molecule has 2 saturated heterocycles. The molecule has 2 aliphatic rings. The highest BCUT2D eigenvalue weighted by molar-refractivity contribution is 14.1. The molecule has 0 aliphatic carbocycles. The summed E-state index contributed by atoms with van der Waals surface area (Å²) in [6.07, 6.45) is 2.81. The summed E-state index contributed by atoms with van der Waals surface area (Å²) in [6, 6.07) is 2.45. The van der Waals surface area contributed by atoms with Crippen LogP contribution in [0.2, 0.25) is 0 Å². The molecule has 2 rings (SSSR count). The van der Waals surface area contributed by atoms with Crippen LogP contribution in [0.15, 0.2) is 0 Å². The van der Waals surface area contributed by atoms with Gasteiger partial charge in [-0.25, -0.2) is 0 Å². The lowest BCUT2D eigenvalue weighted by atomic mass is 9.86. The summed E-state index contributed by atoms with van der Waals surface area (Å²) in [6.45, 7) is 9.59. The molecule has 0 amide bonds. The lowest BCUT2D eigenvalue weighted by Gasteiger charge is -2.58. The van der Waals surface area contributed by atoms with Gasteiger partial charge in [0.05, 0.1) is 4.05 Å². The number of piperidine rings is 1. The summed E-state index contributed by atoms with van der Waals surface area (Å²) >= 11 is 2.54. The first-order valence-corrected chi connectivity index (χ1v) is 7.01. The molecule has 0 aromatic rings. The topological polar surface area (TPSA) is 6.48 Å². The lowest BCUT2D eigenvalue weighted by molar-refractivity contribution is -0.0711. The van der Waals surface area contributed by atoms with E-state index in [2.05, 4.69) is 53.2 Å². The van der Waals surface area contributed by atoms with Crippen LogP contribution in [0.3, 0.4) is 0 Å². The van der Waals surface area contributed by atoms with Gasteiger partial charge >= 0.3 is 0 Å². The minimum atomic E-state index is 0.709. The quantitative estimate of drug-likeness (QED) is 0.439. The molecule has 2 fully saturated rings. The van der Waals surface area contributed by atoms with Crippen molar-refractivity contribution in [1.82, 2.24) is 9.80 Å². The van der Waals surface area contributed by atoms with Gasteiger partial charge in [0.25, 0.3) is 0 Å². The maximum absolute atomic E-state index is 2.70. The number of nitrogens with zero attached hydrogens (tertiary/aromatic N) is 2. The maximum Gasteiger partial charge on any atom is 0.0593 e. The van der Waals surface area contributed by atoms with E-state index in [1.807, 2.05) is 0 Å². The average molecular weight is 308 g/mol. The predicted molar refractivity (Wildman–Crippen MR) is 68.8 cm³/mol. The van der Waals surface area contributed by atoms with E-state index in [1.54, 1.807) is 0 Å². The Bertz CT molecular complexity index is 205. The van der Waals surface area contributed by atoms with Gasteiger partial charge in [0.15, 0.2) is 0 Å². The molecule has 82 valence electrons. The van der Waals surface area contributed by atoms with Crippen LogP contribution >= 0.6 is 22.6 Å². The number of fused-ring (bicyclic) bond motifs is 1. The molecule has 0 spiro atoms. The molecule has 0 N–H and O–H groups in total. The molecule has 3 unspecified atom stereocenters. The third-order valence-corrected chi connectivity index (χ3v) is 4.45. The second kappa shape index (κ2) is 4.26. The van der Waals surface area contributed by atoms with Crippen LogP contribution in [0.5, 0.6) is 0 Å². The summed E-state index contributed by atoms with van der Waals surface area (Å²) in [7, 11) is 0. The van der Waals surface area contributed by atoms with E-state index in [1.165, 1.54) is 25.9 Å². The van der Waals surface area contributed by atoms with Crippen molar-refractivity contribution in [2.45, 2.75) is 55.8 Å². The van der Waals surface area contributed by atoms with Crippen LogP contribution < -0.4 is 0 Å². The van der Waals surface area contributed by atoms with Crippen LogP contribution in [0.4, 0.5) is 0 Å². The highest BCUT2D eigenvalue weighted by Gasteiger charge is 2.46. The lowest BCUT2D eigenvalue weighted by Crippen LogP contribution is -2.70. The van der Waals surface area contributed by atoms with Crippen LogP contribution in [-0.2, 0) is 0 Å². The molecule has 0 bridgehead atoms. The molecular formula is C11H21IN2. The van der Waals surface area contributed by atoms with E-state index in [4.69, 9.17) is 0 Å². The Balaban J connectivity index is 1.98. The first-order chi connectivity index (χ1) is 6.61. The molecule has 14 heavy (non-hydrogen) atoms. The molecule has 3 heteroatoms. The Hall–Kier alpha value is 0.650. The van der Waals surface area contributed by atoms with E-state index in [-0.39, 0.29) is 0 Å². The van der Waals surface area contributed by atoms with Crippen LogP contribution in [-0.4, -0.2) is 45.1 Å². The molecule has 0 radical (unpaired) electrons. The monoisotopic (exact) mass is 308 g/mol. The molecule has 0 saturated carbocycles. The summed E-state index contributed by atoms with van der Waals surface area (Å²) in [4.78, 5) is 5.35. The van der Waals surface area contributed by atoms with E-state index in [9.17, 15) is 0 Å². The van der Waals surface area contributed by atoms with Crippen molar-refractivity contribution >= 4 is 22.6 Å². The Morgan fingerprint density at radius 2 is 1.86 bits per heavy atom. The standard InChI is InChI=1S/C11H21IN2/c1-8(2)13-6-4-5-10-11(13)7-14(10)9(3)12/h8-11H,4-7H2,1-3H3. The molecule has 2 heterocycles. The van der Waals surface area contributed by atoms with E-state index in [0.717, 1.165) is 18.1 Å². The van der Waals surface area contributed by atoms with Gasteiger partial charge in [-0.15, -0.1) is 0 Å². The summed E-state index contributed by atoms with van der Waals surface area (Å²) in [5.74, 6) is 0. The number of alkyl halides is 1. The second-order valence-corrected chi connectivity index (χ2v) is 6.68. The summed E-state index contributed by atoms with van der Waals surface area (Å²) in [5, 5.41) is 0. The van der Waals surface area contributed by atoms with Crippen LogP contribution in [0.1, 0.15) is 33.6 Å². The number of hydrogen-bond acceptors (Lipinski definition) is 2. The average Bonchev–Trinajstić information content (AvgIpc) is 2.05. The molecule has 0 aromatic carbocycles. The Kier molecular flexibility index (Phi) is 3.39. The second-order valence-electron chi connectivity index (χ2n) is 4.88. The number of halogens is 1. The fraction of sp³-hybridized carbons (Fsp3) is 1.00. The number of rotatable bonds is 2. The van der Waals surface area contributed by atoms with E-state index < -0.39 is 0 Å². The Labute approximate surface area is 101 Å². The normalized spacial score (nSPS) is 36.6. The van der Waals surface area contributed by atoms with Crippen molar-refractivity contribution in [2.75, 3.05) is 13.1 Å². The van der Waals surface area contributed by atoms with Gasteiger partial charge in [-0.1, -0.05) is 22.6 Å². The summed E-state index contributed by atoms with van der Waals surface area (Å²) in [5.41, 5.74) is 0. The van der Waals surface area contributed by atoms with Crippen LogP contribution in [0, 0.1) is 0 Å². The number of hydrogen-bond donors (Lipinski definition) is 0. The zero-order valence-electron chi connectivity index (χ0n) is 9.41. The van der Waals surface area contributed by atoms with Gasteiger partial charge in [-0.05, 0) is 40.2 Å². The van der Waals surface area contributed by atoms with Gasteiger partial charge in [0, 0.05) is 24.7 Å². The van der Waals surface area contributed by atoms with E-state index >= 15 is 0 Å². The van der Waals surface area contributed by atoms with Crippen molar-refractivity contribution in [3.8, 4) is 0 Å². The van der Waals surface area contributed by atoms with Gasteiger partial charge < -0.3 is 0 Å². The minimum absolute atomic E-state index is 0.709.